The Morgan fingerprint density at radius 3 is 2.83 bits per heavy atom. The van der Waals surface area contributed by atoms with E-state index >= 15 is 0 Å². The number of fused-ring (bicyclic) bond motifs is 1. The van der Waals surface area contributed by atoms with Crippen molar-refractivity contribution >= 4 is 47.6 Å². The predicted molar refractivity (Wildman–Crippen MR) is 131 cm³/mol. The van der Waals surface area contributed by atoms with Crippen LogP contribution in [0.5, 0.6) is 0 Å². The van der Waals surface area contributed by atoms with Crippen molar-refractivity contribution in [1.82, 2.24) is 30.3 Å². The van der Waals surface area contributed by atoms with E-state index < -0.39 is 0 Å². The monoisotopic (exact) mass is 543 g/mol. The molecule has 0 fully saturated rings. The summed E-state index contributed by atoms with van der Waals surface area (Å²) in [4.78, 5) is 23.8. The molecule has 164 valence electrons. The highest BCUT2D eigenvalue weighted by molar-refractivity contribution is 14.0. The average molecular weight is 543 g/mol. The minimum atomic E-state index is -0.0348. The lowest BCUT2D eigenvalue weighted by atomic mass is 10.1. The van der Waals surface area contributed by atoms with Gasteiger partial charge in [-0.2, -0.15) is 5.10 Å². The summed E-state index contributed by atoms with van der Waals surface area (Å²) in [6.45, 7) is 3.64. The Balaban J connectivity index is 0.00000320. The van der Waals surface area contributed by atoms with E-state index in [0.717, 1.165) is 43.3 Å². The number of amides is 1. The van der Waals surface area contributed by atoms with Gasteiger partial charge in [0, 0.05) is 37.8 Å². The molecule has 1 aromatic carbocycles. The largest absolute Gasteiger partial charge is 0.356 e. The fourth-order valence-electron chi connectivity index (χ4n) is 3.07. The number of aromatic nitrogens is 3. The Labute approximate surface area is 199 Å². The van der Waals surface area contributed by atoms with Crippen LogP contribution in [-0.4, -0.2) is 64.5 Å². The molecule has 3 rings (SSSR count). The van der Waals surface area contributed by atoms with E-state index in [-0.39, 0.29) is 42.5 Å². The maximum atomic E-state index is 12.0. The third-order valence-corrected chi connectivity index (χ3v) is 5.58. The molecule has 0 aliphatic carbocycles. The number of halogens is 1. The van der Waals surface area contributed by atoms with Crippen molar-refractivity contribution in [3.8, 4) is 0 Å². The van der Waals surface area contributed by atoms with Crippen molar-refractivity contribution < 1.29 is 4.79 Å². The number of thioether (sulfide) groups is 1. The third-order valence-electron chi connectivity index (χ3n) is 4.57. The molecule has 1 aliphatic rings. The zero-order valence-corrected chi connectivity index (χ0v) is 20.8. The number of nitrogens with one attached hydrogen (secondary N) is 2. The van der Waals surface area contributed by atoms with Gasteiger partial charge < -0.3 is 15.5 Å². The van der Waals surface area contributed by atoms with Gasteiger partial charge in [-0.3, -0.25) is 4.79 Å². The maximum absolute atomic E-state index is 12.0. The first-order valence-electron chi connectivity index (χ1n) is 9.87. The second kappa shape index (κ2) is 12.1. The molecule has 1 amide bonds. The maximum Gasteiger partial charge on any atom is 0.243 e. The number of guanidine groups is 1. The van der Waals surface area contributed by atoms with Crippen molar-refractivity contribution in [1.29, 1.82) is 0 Å². The molecule has 30 heavy (non-hydrogen) atoms. The Kier molecular flexibility index (Phi) is 9.89. The Morgan fingerprint density at radius 1 is 1.33 bits per heavy atom. The van der Waals surface area contributed by atoms with Gasteiger partial charge in [0.1, 0.15) is 18.2 Å². The molecular formula is C20H30IN7OS. The lowest BCUT2D eigenvalue weighted by Crippen LogP contribution is -2.43. The van der Waals surface area contributed by atoms with Crippen LogP contribution >= 0.6 is 35.7 Å². The summed E-state index contributed by atoms with van der Waals surface area (Å²) in [5.41, 5.74) is 0. The molecule has 0 saturated heterocycles. The Morgan fingerprint density at radius 2 is 2.10 bits per heavy atom. The molecule has 1 unspecified atom stereocenters. The quantitative estimate of drug-likeness (QED) is 0.184. The van der Waals surface area contributed by atoms with E-state index in [1.54, 1.807) is 30.8 Å². The number of benzene rings is 1. The molecule has 2 aromatic rings. The zero-order chi connectivity index (χ0) is 20.6. The summed E-state index contributed by atoms with van der Waals surface area (Å²) in [6.07, 6.45) is 1.99. The van der Waals surface area contributed by atoms with E-state index in [4.69, 9.17) is 0 Å². The zero-order valence-electron chi connectivity index (χ0n) is 17.7. The van der Waals surface area contributed by atoms with Crippen molar-refractivity contribution in [3.63, 3.8) is 0 Å². The highest BCUT2D eigenvalue weighted by Gasteiger charge is 2.24. The van der Waals surface area contributed by atoms with Crippen LogP contribution in [0.15, 0.2) is 40.2 Å². The topological polar surface area (TPSA) is 87.4 Å². The van der Waals surface area contributed by atoms with Gasteiger partial charge in [0.25, 0.3) is 0 Å². The first kappa shape index (κ1) is 24.4. The molecule has 8 nitrogen and oxygen atoms in total. The second-order valence-corrected chi connectivity index (χ2v) is 8.29. The molecule has 1 atom stereocenters. The number of likely N-dealkylation sites (N-methyl/N-ethyl adjacent to an activating group) is 1. The van der Waals surface area contributed by atoms with Gasteiger partial charge in [-0.1, -0.05) is 18.2 Å². The van der Waals surface area contributed by atoms with Crippen LogP contribution in [0.4, 0.5) is 0 Å². The Hall–Kier alpha value is -1.82. The number of aliphatic imine (C=N–C) groups is 1. The standard InChI is InChI=1S/C20H29N7OS.HI/c1-15-23-19-17(10-7-12-27(19)25-15)24-20(22-14-18(28)26(2)3)21-11-13-29-16-8-5-4-6-9-16;/h4-6,8-9,17H,7,10-14H2,1-3H3,(H2,21,22,24);1H. The fourth-order valence-corrected chi connectivity index (χ4v) is 3.86. The summed E-state index contributed by atoms with van der Waals surface area (Å²) in [7, 11) is 3.47. The summed E-state index contributed by atoms with van der Waals surface area (Å²) < 4.78 is 1.96. The van der Waals surface area contributed by atoms with Gasteiger partial charge >= 0.3 is 0 Å². The molecule has 2 heterocycles. The molecule has 10 heteroatoms. The van der Waals surface area contributed by atoms with Crippen LogP contribution in [0.25, 0.3) is 0 Å². The smallest absolute Gasteiger partial charge is 0.243 e. The second-order valence-electron chi connectivity index (χ2n) is 7.12. The number of hydrogen-bond acceptors (Lipinski definition) is 5. The van der Waals surface area contributed by atoms with Gasteiger partial charge in [0.2, 0.25) is 5.91 Å². The lowest BCUT2D eigenvalue weighted by Gasteiger charge is -2.25. The van der Waals surface area contributed by atoms with Crippen molar-refractivity contribution in [3.05, 3.63) is 42.0 Å². The third kappa shape index (κ3) is 7.15. The number of rotatable bonds is 7. The molecule has 1 aliphatic heterocycles. The van der Waals surface area contributed by atoms with E-state index in [0.29, 0.717) is 5.96 Å². The number of carbonyl (C=O) groups excluding carboxylic acids is 1. The van der Waals surface area contributed by atoms with Crippen LogP contribution in [0, 0.1) is 6.92 Å². The first-order valence-corrected chi connectivity index (χ1v) is 10.9. The molecule has 0 radical (unpaired) electrons. The van der Waals surface area contributed by atoms with Crippen molar-refractivity contribution in [2.45, 2.75) is 37.2 Å². The van der Waals surface area contributed by atoms with Crippen molar-refractivity contribution in [2.24, 2.45) is 4.99 Å². The number of hydrogen-bond donors (Lipinski definition) is 2. The van der Waals surface area contributed by atoms with Crippen LogP contribution in [0.2, 0.25) is 0 Å². The average Bonchev–Trinajstić information content (AvgIpc) is 3.10. The summed E-state index contributed by atoms with van der Waals surface area (Å²) >= 11 is 1.78. The van der Waals surface area contributed by atoms with E-state index in [1.165, 1.54) is 4.90 Å². The van der Waals surface area contributed by atoms with E-state index in [9.17, 15) is 4.79 Å². The van der Waals surface area contributed by atoms with Gasteiger partial charge in [0.05, 0.1) is 6.04 Å². The molecule has 0 saturated carbocycles. The summed E-state index contributed by atoms with van der Waals surface area (Å²) in [5.74, 6) is 3.20. The molecule has 1 aromatic heterocycles. The van der Waals surface area contributed by atoms with Gasteiger partial charge in [-0.05, 0) is 31.9 Å². The molecular weight excluding hydrogens is 513 g/mol. The van der Waals surface area contributed by atoms with Crippen LogP contribution in [0.3, 0.4) is 0 Å². The van der Waals surface area contributed by atoms with Crippen LogP contribution in [0.1, 0.15) is 30.5 Å². The predicted octanol–water partition coefficient (Wildman–Crippen LogP) is 2.46. The minimum absolute atomic E-state index is 0. The molecule has 0 spiro atoms. The number of aryl methyl sites for hydroxylation is 2. The highest BCUT2D eigenvalue weighted by Crippen LogP contribution is 2.22. The van der Waals surface area contributed by atoms with Gasteiger partial charge in [0.15, 0.2) is 5.96 Å². The highest BCUT2D eigenvalue weighted by atomic mass is 127. The van der Waals surface area contributed by atoms with Crippen LogP contribution in [-0.2, 0) is 11.3 Å². The van der Waals surface area contributed by atoms with E-state index in [1.807, 2.05) is 29.8 Å². The number of nitrogens with zero attached hydrogens (tertiary/aromatic N) is 5. The normalized spacial score (nSPS) is 15.7. The molecule has 2 N–H and O–H groups in total. The Bertz CT molecular complexity index is 841. The SMILES string of the molecule is Cc1nc2n(n1)CCCC2NC(=NCC(=O)N(C)C)NCCSc1ccccc1.I. The lowest BCUT2D eigenvalue weighted by molar-refractivity contribution is -0.127. The van der Waals surface area contributed by atoms with Crippen molar-refractivity contribution in [2.75, 3.05) is 32.9 Å². The van der Waals surface area contributed by atoms with Gasteiger partial charge in [-0.15, -0.1) is 35.7 Å². The van der Waals surface area contributed by atoms with Gasteiger partial charge in [-0.25, -0.2) is 14.7 Å². The first-order chi connectivity index (χ1) is 14.0. The summed E-state index contributed by atoms with van der Waals surface area (Å²) in [6, 6.07) is 10.3. The fraction of sp³-hybridized carbons (Fsp3) is 0.500. The number of carbonyl (C=O) groups is 1. The molecule has 0 bridgehead atoms. The van der Waals surface area contributed by atoms with Crippen LogP contribution < -0.4 is 10.6 Å². The van der Waals surface area contributed by atoms with E-state index in [2.05, 4.69) is 37.8 Å². The minimum Gasteiger partial charge on any atom is -0.356 e. The summed E-state index contributed by atoms with van der Waals surface area (Å²) in [5, 5.41) is 11.3.